The van der Waals surface area contributed by atoms with E-state index in [0.717, 1.165) is 23.3 Å². The molecule has 1 atom stereocenters. The van der Waals surface area contributed by atoms with Gasteiger partial charge in [0.1, 0.15) is 10.9 Å². The fourth-order valence-electron chi connectivity index (χ4n) is 1.52. The second-order valence-electron chi connectivity index (χ2n) is 4.47. The summed E-state index contributed by atoms with van der Waals surface area (Å²) in [7, 11) is -2.67. The average molecular weight is 382 g/mol. The highest BCUT2D eigenvalue weighted by atomic mass is 79.9. The van der Waals surface area contributed by atoms with Gasteiger partial charge in [-0.05, 0) is 19.1 Å². The normalized spacial score (nSPS) is 12.8. The van der Waals surface area contributed by atoms with Crippen molar-refractivity contribution in [1.82, 2.24) is 4.90 Å². The predicted molar refractivity (Wildman–Crippen MR) is 76.4 cm³/mol. The molecule has 0 aliphatic carbocycles. The van der Waals surface area contributed by atoms with Gasteiger partial charge in [0, 0.05) is 17.8 Å². The number of carbonyl (C=O) groups excluding carboxylic acids is 1. The van der Waals surface area contributed by atoms with Gasteiger partial charge in [-0.15, -0.1) is 0 Å². The number of likely N-dealkylation sites (N-methyl/N-ethyl adjacent to an activating group) is 1. The maximum absolute atomic E-state index is 14.2. The number of carboxylic acids is 1. The highest BCUT2D eigenvalue weighted by Crippen LogP contribution is 2.25. The van der Waals surface area contributed by atoms with Gasteiger partial charge in [-0.1, -0.05) is 15.9 Å². The molecule has 0 saturated heterocycles. The Balaban J connectivity index is 3.41. The minimum Gasteiger partial charge on any atom is -0.480 e. The molecule has 0 spiro atoms. The summed E-state index contributed by atoms with van der Waals surface area (Å²) in [6.07, 6.45) is 0.815. The second-order valence-corrected chi connectivity index (χ2v) is 7.37. The molecule has 1 amide bonds. The zero-order chi connectivity index (χ0) is 16.5. The maximum Gasteiger partial charge on any atom is 0.326 e. The molecule has 0 heterocycles. The molecule has 1 N–H and O–H groups in total. The van der Waals surface area contributed by atoms with Crippen LogP contribution in [0.1, 0.15) is 17.3 Å². The fourth-order valence-corrected chi connectivity index (χ4v) is 2.91. The molecule has 0 aromatic heterocycles. The SMILES string of the molecule is CC(C(=O)O)N(C)C(=O)c1cc(Br)cc(S(C)(=O)=O)c1F. The molecule has 9 heteroatoms. The number of benzene rings is 1. The van der Waals surface area contributed by atoms with E-state index in [1.807, 2.05) is 0 Å². The van der Waals surface area contributed by atoms with Gasteiger partial charge >= 0.3 is 5.97 Å². The van der Waals surface area contributed by atoms with Crippen molar-refractivity contribution in [1.29, 1.82) is 0 Å². The van der Waals surface area contributed by atoms with Gasteiger partial charge in [-0.2, -0.15) is 0 Å². The molecule has 0 saturated carbocycles. The lowest BCUT2D eigenvalue weighted by Gasteiger charge is -2.22. The lowest BCUT2D eigenvalue weighted by molar-refractivity contribution is -0.141. The summed E-state index contributed by atoms with van der Waals surface area (Å²) < 4.78 is 37.5. The smallest absolute Gasteiger partial charge is 0.326 e. The van der Waals surface area contributed by atoms with Crippen LogP contribution in [0.15, 0.2) is 21.5 Å². The van der Waals surface area contributed by atoms with E-state index in [-0.39, 0.29) is 4.47 Å². The summed E-state index contributed by atoms with van der Waals surface area (Å²) in [5, 5.41) is 8.86. The van der Waals surface area contributed by atoms with Crippen molar-refractivity contribution in [2.45, 2.75) is 17.9 Å². The van der Waals surface area contributed by atoms with Gasteiger partial charge in [0.25, 0.3) is 5.91 Å². The summed E-state index contributed by atoms with van der Waals surface area (Å²) >= 11 is 3.00. The number of rotatable bonds is 4. The fraction of sp³-hybridized carbons (Fsp3) is 0.333. The Hall–Kier alpha value is -1.48. The molecule has 0 fully saturated rings. The van der Waals surface area contributed by atoms with Crippen LogP contribution in [0, 0.1) is 5.82 Å². The van der Waals surface area contributed by atoms with E-state index in [0.29, 0.717) is 0 Å². The number of hydrogen-bond acceptors (Lipinski definition) is 4. The average Bonchev–Trinajstić information content (AvgIpc) is 2.37. The molecule has 1 aromatic carbocycles. The van der Waals surface area contributed by atoms with Crippen LogP contribution in [-0.2, 0) is 14.6 Å². The number of amides is 1. The molecule has 0 bridgehead atoms. The van der Waals surface area contributed by atoms with Crippen molar-refractivity contribution in [2.75, 3.05) is 13.3 Å². The van der Waals surface area contributed by atoms with Crippen LogP contribution in [0.5, 0.6) is 0 Å². The molecule has 116 valence electrons. The first-order chi connectivity index (χ1) is 9.46. The first kappa shape index (κ1) is 17.6. The van der Waals surface area contributed by atoms with Crippen molar-refractivity contribution in [3.8, 4) is 0 Å². The molecule has 1 aromatic rings. The molecule has 0 aliphatic heterocycles. The first-order valence-corrected chi connectivity index (χ1v) is 8.34. The van der Waals surface area contributed by atoms with Gasteiger partial charge in [-0.25, -0.2) is 17.6 Å². The van der Waals surface area contributed by atoms with E-state index < -0.39 is 44.0 Å². The monoisotopic (exact) mass is 381 g/mol. The van der Waals surface area contributed by atoms with Crippen LogP contribution in [-0.4, -0.2) is 49.6 Å². The Morgan fingerprint density at radius 3 is 2.33 bits per heavy atom. The molecule has 0 radical (unpaired) electrons. The van der Waals surface area contributed by atoms with Gasteiger partial charge in [0.15, 0.2) is 15.7 Å². The molecule has 0 aliphatic rings. The lowest BCUT2D eigenvalue weighted by atomic mass is 10.1. The molecular weight excluding hydrogens is 369 g/mol. The van der Waals surface area contributed by atoms with Gasteiger partial charge in [0.05, 0.1) is 5.56 Å². The topological polar surface area (TPSA) is 91.8 Å². The maximum atomic E-state index is 14.2. The van der Waals surface area contributed by atoms with Gasteiger partial charge in [0.2, 0.25) is 0 Å². The minimum absolute atomic E-state index is 0.198. The van der Waals surface area contributed by atoms with Crippen LogP contribution in [0.2, 0.25) is 0 Å². The van der Waals surface area contributed by atoms with Crippen LogP contribution >= 0.6 is 15.9 Å². The van der Waals surface area contributed by atoms with Crippen molar-refractivity contribution in [2.24, 2.45) is 0 Å². The Morgan fingerprint density at radius 2 is 1.90 bits per heavy atom. The van der Waals surface area contributed by atoms with Crippen molar-refractivity contribution < 1.29 is 27.5 Å². The number of nitrogens with zero attached hydrogens (tertiary/aromatic N) is 1. The third-order valence-electron chi connectivity index (χ3n) is 2.89. The number of halogens is 2. The highest BCUT2D eigenvalue weighted by Gasteiger charge is 2.28. The van der Waals surface area contributed by atoms with E-state index in [1.54, 1.807) is 0 Å². The Labute approximate surface area is 129 Å². The Morgan fingerprint density at radius 1 is 1.38 bits per heavy atom. The summed E-state index contributed by atoms with van der Waals surface area (Å²) in [5.74, 6) is -3.38. The zero-order valence-electron chi connectivity index (χ0n) is 11.4. The molecule has 6 nitrogen and oxygen atoms in total. The van der Waals surface area contributed by atoms with Crippen molar-refractivity contribution in [3.63, 3.8) is 0 Å². The van der Waals surface area contributed by atoms with E-state index >= 15 is 0 Å². The number of carbonyl (C=O) groups is 2. The van der Waals surface area contributed by atoms with Crippen molar-refractivity contribution in [3.05, 3.63) is 28.0 Å². The molecule has 1 unspecified atom stereocenters. The summed E-state index contributed by atoms with van der Waals surface area (Å²) in [4.78, 5) is 23.2. The molecule has 1 rings (SSSR count). The number of carboxylic acid groups (broad SMARTS) is 1. The van der Waals surface area contributed by atoms with E-state index in [4.69, 9.17) is 5.11 Å². The number of sulfone groups is 1. The second kappa shape index (κ2) is 6.10. The minimum atomic E-state index is -3.87. The van der Waals surface area contributed by atoms with Crippen LogP contribution < -0.4 is 0 Å². The highest BCUT2D eigenvalue weighted by molar-refractivity contribution is 9.10. The summed E-state index contributed by atoms with van der Waals surface area (Å²) in [6.45, 7) is 1.26. The van der Waals surface area contributed by atoms with Crippen LogP contribution in [0.4, 0.5) is 4.39 Å². The Kier molecular flexibility index (Phi) is 5.11. The van der Waals surface area contributed by atoms with Crippen LogP contribution in [0.25, 0.3) is 0 Å². The van der Waals surface area contributed by atoms with E-state index in [1.165, 1.54) is 14.0 Å². The van der Waals surface area contributed by atoms with Gasteiger partial charge < -0.3 is 10.0 Å². The predicted octanol–water partition coefficient (Wildman–Crippen LogP) is 1.54. The zero-order valence-corrected chi connectivity index (χ0v) is 13.8. The third kappa shape index (κ3) is 3.79. The third-order valence-corrected chi connectivity index (χ3v) is 4.45. The standard InChI is InChI=1S/C12H13BrFNO5S/c1-6(12(17)18)15(2)11(16)8-4-7(13)5-9(10(8)14)21(3,19)20/h4-6H,1-3H3,(H,17,18). The van der Waals surface area contributed by atoms with E-state index in [9.17, 15) is 22.4 Å². The number of hydrogen-bond donors (Lipinski definition) is 1. The quantitative estimate of drug-likeness (QED) is 0.853. The largest absolute Gasteiger partial charge is 0.480 e. The molecule has 21 heavy (non-hydrogen) atoms. The van der Waals surface area contributed by atoms with Crippen molar-refractivity contribution >= 4 is 37.6 Å². The first-order valence-electron chi connectivity index (χ1n) is 5.66. The van der Waals surface area contributed by atoms with E-state index in [2.05, 4.69) is 15.9 Å². The lowest BCUT2D eigenvalue weighted by Crippen LogP contribution is -2.40. The van der Waals surface area contributed by atoms with Crippen LogP contribution in [0.3, 0.4) is 0 Å². The molecular formula is C12H13BrFNO5S. The Bertz CT molecular complexity index is 704. The van der Waals surface area contributed by atoms with Gasteiger partial charge in [-0.3, -0.25) is 4.79 Å². The summed E-state index contributed by atoms with van der Waals surface area (Å²) in [6, 6.07) is 0.969. The number of aliphatic carboxylic acids is 1. The summed E-state index contributed by atoms with van der Waals surface area (Å²) in [5.41, 5.74) is -0.514.